The number of imidazole rings is 1. The predicted octanol–water partition coefficient (Wildman–Crippen LogP) is 2.55. The zero-order valence-corrected chi connectivity index (χ0v) is 11.6. The number of fused-ring (bicyclic) bond motifs is 1. The lowest BCUT2D eigenvalue weighted by Crippen LogP contribution is -2.31. The van der Waals surface area contributed by atoms with Crippen molar-refractivity contribution in [3.05, 3.63) is 29.6 Å². The van der Waals surface area contributed by atoms with Gasteiger partial charge in [-0.2, -0.15) is 0 Å². The highest BCUT2D eigenvalue weighted by Crippen LogP contribution is 2.37. The summed E-state index contributed by atoms with van der Waals surface area (Å²) in [6.45, 7) is 4.15. The topological polar surface area (TPSA) is 75.3 Å². The van der Waals surface area contributed by atoms with Crippen LogP contribution in [0.4, 0.5) is 0 Å². The first-order chi connectivity index (χ1) is 9.47. The number of aliphatic hydroxyl groups excluding tert-OH is 1. The van der Waals surface area contributed by atoms with Gasteiger partial charge < -0.3 is 14.8 Å². The molecule has 0 aliphatic heterocycles. The second-order valence-electron chi connectivity index (χ2n) is 5.78. The van der Waals surface area contributed by atoms with Gasteiger partial charge >= 0.3 is 5.97 Å². The summed E-state index contributed by atoms with van der Waals surface area (Å²) in [5, 5.41) is 18.6. The van der Waals surface area contributed by atoms with E-state index in [1.165, 1.54) is 0 Å². The molecule has 0 saturated heterocycles. The average molecular weight is 274 g/mol. The number of carboxylic acid groups (broad SMARTS) is 1. The van der Waals surface area contributed by atoms with Gasteiger partial charge in [-0.15, -0.1) is 0 Å². The predicted molar refractivity (Wildman–Crippen MR) is 75.1 cm³/mol. The largest absolute Gasteiger partial charge is 0.478 e. The van der Waals surface area contributed by atoms with Crippen LogP contribution in [0, 0.1) is 0 Å². The minimum Gasteiger partial charge on any atom is -0.478 e. The van der Waals surface area contributed by atoms with Gasteiger partial charge in [0.15, 0.2) is 0 Å². The number of benzene rings is 1. The van der Waals surface area contributed by atoms with Crippen molar-refractivity contribution in [1.29, 1.82) is 0 Å². The molecule has 1 fully saturated rings. The van der Waals surface area contributed by atoms with E-state index >= 15 is 0 Å². The zero-order valence-electron chi connectivity index (χ0n) is 11.6. The second kappa shape index (κ2) is 4.59. The Labute approximate surface area is 116 Å². The third-order valence-corrected chi connectivity index (χ3v) is 3.93. The van der Waals surface area contributed by atoms with E-state index in [0.717, 1.165) is 29.7 Å². The maximum absolute atomic E-state index is 11.0. The molecule has 0 amide bonds. The summed E-state index contributed by atoms with van der Waals surface area (Å²) in [7, 11) is 0. The Morgan fingerprint density at radius 3 is 2.65 bits per heavy atom. The van der Waals surface area contributed by atoms with E-state index in [0.29, 0.717) is 0 Å². The maximum atomic E-state index is 11.0. The van der Waals surface area contributed by atoms with Crippen molar-refractivity contribution in [3.8, 4) is 0 Å². The van der Waals surface area contributed by atoms with Crippen LogP contribution in [0.2, 0.25) is 0 Å². The Morgan fingerprint density at radius 1 is 1.40 bits per heavy atom. The van der Waals surface area contributed by atoms with Crippen LogP contribution in [0.15, 0.2) is 18.2 Å². The van der Waals surface area contributed by atoms with Crippen molar-refractivity contribution in [1.82, 2.24) is 9.55 Å². The van der Waals surface area contributed by atoms with Gasteiger partial charge in [-0.25, -0.2) is 9.78 Å². The van der Waals surface area contributed by atoms with Crippen LogP contribution in [0.3, 0.4) is 0 Å². The molecule has 5 heteroatoms. The quantitative estimate of drug-likeness (QED) is 0.902. The highest BCUT2D eigenvalue weighted by Gasteiger charge is 2.32. The van der Waals surface area contributed by atoms with E-state index in [1.54, 1.807) is 12.1 Å². The lowest BCUT2D eigenvalue weighted by Gasteiger charge is -2.34. The Morgan fingerprint density at radius 2 is 2.10 bits per heavy atom. The normalized spacial score (nSPS) is 22.2. The monoisotopic (exact) mass is 274 g/mol. The molecule has 0 radical (unpaired) electrons. The molecule has 2 aromatic rings. The third kappa shape index (κ3) is 1.98. The number of hydrogen-bond donors (Lipinski definition) is 2. The number of aromatic nitrogens is 2. The molecule has 0 atom stereocenters. The standard InChI is InChI=1S/C15H18N2O3/c1-8(2)14-16-12-5-9(15(19)20)3-4-13(12)17(14)10-6-11(18)7-10/h3-5,8,10-11,18H,6-7H2,1-2H3,(H,19,20). The molecule has 0 unspecified atom stereocenters. The summed E-state index contributed by atoms with van der Waals surface area (Å²) >= 11 is 0. The van der Waals surface area contributed by atoms with E-state index in [9.17, 15) is 9.90 Å². The molecule has 1 saturated carbocycles. The van der Waals surface area contributed by atoms with E-state index in [4.69, 9.17) is 5.11 Å². The highest BCUT2D eigenvalue weighted by molar-refractivity contribution is 5.92. The summed E-state index contributed by atoms with van der Waals surface area (Å²) in [6, 6.07) is 5.32. The molecule has 5 nitrogen and oxygen atoms in total. The first-order valence-electron chi connectivity index (χ1n) is 6.90. The molecule has 0 bridgehead atoms. The first-order valence-corrected chi connectivity index (χ1v) is 6.90. The molecular weight excluding hydrogens is 256 g/mol. The average Bonchev–Trinajstić information content (AvgIpc) is 2.73. The molecule has 1 aromatic heterocycles. The van der Waals surface area contributed by atoms with Crippen LogP contribution in [-0.2, 0) is 0 Å². The van der Waals surface area contributed by atoms with Crippen LogP contribution in [0.5, 0.6) is 0 Å². The Balaban J connectivity index is 2.15. The number of carbonyl (C=O) groups is 1. The summed E-state index contributed by atoms with van der Waals surface area (Å²) < 4.78 is 2.17. The van der Waals surface area contributed by atoms with E-state index in [-0.39, 0.29) is 23.6 Å². The number of carboxylic acids is 1. The Bertz CT molecular complexity index is 669. The zero-order chi connectivity index (χ0) is 14.4. The molecule has 0 spiro atoms. The fourth-order valence-corrected chi connectivity index (χ4v) is 2.81. The summed E-state index contributed by atoms with van der Waals surface area (Å²) in [4.78, 5) is 15.6. The lowest BCUT2D eigenvalue weighted by molar-refractivity contribution is 0.0487. The SMILES string of the molecule is CC(C)c1nc2cc(C(=O)O)ccc2n1C1CC(O)C1. The van der Waals surface area contributed by atoms with E-state index in [2.05, 4.69) is 23.4 Å². The smallest absolute Gasteiger partial charge is 0.335 e. The van der Waals surface area contributed by atoms with Crippen LogP contribution in [-0.4, -0.2) is 31.8 Å². The fourth-order valence-electron chi connectivity index (χ4n) is 2.81. The summed E-state index contributed by atoms with van der Waals surface area (Å²) in [6.07, 6.45) is 1.26. The number of aromatic carboxylic acids is 1. The number of aliphatic hydroxyl groups is 1. The Kier molecular flexibility index (Phi) is 3.01. The number of hydrogen-bond acceptors (Lipinski definition) is 3. The van der Waals surface area contributed by atoms with Gasteiger partial charge in [-0.3, -0.25) is 0 Å². The van der Waals surface area contributed by atoms with Crippen molar-refractivity contribution in [3.63, 3.8) is 0 Å². The fraction of sp³-hybridized carbons (Fsp3) is 0.467. The molecule has 1 heterocycles. The van der Waals surface area contributed by atoms with Crippen LogP contribution >= 0.6 is 0 Å². The summed E-state index contributed by atoms with van der Waals surface area (Å²) in [5.41, 5.74) is 1.93. The van der Waals surface area contributed by atoms with Crippen molar-refractivity contribution in [2.45, 2.75) is 44.8 Å². The third-order valence-electron chi connectivity index (χ3n) is 3.93. The van der Waals surface area contributed by atoms with Gasteiger partial charge in [0.05, 0.1) is 22.7 Å². The van der Waals surface area contributed by atoms with Gasteiger partial charge in [0, 0.05) is 12.0 Å². The van der Waals surface area contributed by atoms with Crippen LogP contribution in [0.25, 0.3) is 11.0 Å². The van der Waals surface area contributed by atoms with Crippen molar-refractivity contribution in [2.24, 2.45) is 0 Å². The highest BCUT2D eigenvalue weighted by atomic mass is 16.4. The molecule has 1 aliphatic carbocycles. The van der Waals surface area contributed by atoms with Crippen molar-refractivity contribution in [2.75, 3.05) is 0 Å². The van der Waals surface area contributed by atoms with Gasteiger partial charge in [-0.1, -0.05) is 13.8 Å². The number of rotatable bonds is 3. The van der Waals surface area contributed by atoms with Crippen molar-refractivity contribution >= 4 is 17.0 Å². The number of nitrogens with zero attached hydrogens (tertiary/aromatic N) is 2. The maximum Gasteiger partial charge on any atom is 0.335 e. The molecule has 1 aromatic carbocycles. The molecule has 2 N–H and O–H groups in total. The summed E-state index contributed by atoms with van der Waals surface area (Å²) in [5.74, 6) is 0.277. The lowest BCUT2D eigenvalue weighted by atomic mass is 9.88. The Hall–Kier alpha value is -1.88. The second-order valence-corrected chi connectivity index (χ2v) is 5.78. The van der Waals surface area contributed by atoms with E-state index in [1.807, 2.05) is 6.07 Å². The minimum absolute atomic E-state index is 0.226. The minimum atomic E-state index is -0.938. The van der Waals surface area contributed by atoms with E-state index < -0.39 is 5.97 Å². The molecule has 1 aliphatic rings. The van der Waals surface area contributed by atoms with Gasteiger partial charge in [0.1, 0.15) is 5.82 Å². The van der Waals surface area contributed by atoms with Crippen LogP contribution in [0.1, 0.15) is 54.8 Å². The first kappa shape index (κ1) is 13.1. The molecule has 106 valence electrons. The van der Waals surface area contributed by atoms with Gasteiger partial charge in [0.25, 0.3) is 0 Å². The van der Waals surface area contributed by atoms with Crippen LogP contribution < -0.4 is 0 Å². The molecular formula is C15H18N2O3. The molecule has 20 heavy (non-hydrogen) atoms. The molecule has 3 rings (SSSR count). The van der Waals surface area contributed by atoms with Crippen molar-refractivity contribution < 1.29 is 15.0 Å². The van der Waals surface area contributed by atoms with Gasteiger partial charge in [0.2, 0.25) is 0 Å². The van der Waals surface area contributed by atoms with Gasteiger partial charge in [-0.05, 0) is 31.0 Å².